The summed E-state index contributed by atoms with van der Waals surface area (Å²) in [5.74, 6) is 1.01. The number of allylic oxidation sites excluding steroid dienone is 4. The van der Waals surface area contributed by atoms with Gasteiger partial charge in [0.05, 0.1) is 34.9 Å². The molecule has 9 rings (SSSR count). The number of fused-ring (bicyclic) bond motifs is 2. The van der Waals surface area contributed by atoms with Crippen molar-refractivity contribution in [2.75, 3.05) is 33.1 Å². The molecule has 372 valence electrons. The fourth-order valence-corrected chi connectivity index (χ4v) is 8.68. The van der Waals surface area contributed by atoms with Gasteiger partial charge in [0.25, 0.3) is 0 Å². The molecule has 0 spiro atoms. The number of hydrogen-bond donors (Lipinski definition) is 3. The molecule has 3 N–H and O–H groups in total. The molecular weight excluding hydrogens is 903 g/mol. The highest BCUT2D eigenvalue weighted by atomic mass is 16.3. The van der Waals surface area contributed by atoms with Crippen molar-refractivity contribution in [2.45, 2.75) is 46.5 Å². The van der Waals surface area contributed by atoms with E-state index < -0.39 is 0 Å². The number of nitrogens with zero attached hydrogens (tertiary/aromatic N) is 5. The Morgan fingerprint density at radius 3 is 1.73 bits per heavy atom. The molecule has 0 saturated heterocycles. The first kappa shape index (κ1) is 55.0. The van der Waals surface area contributed by atoms with E-state index in [4.69, 9.17) is 23.9 Å². The number of carbonyl (C=O) groups is 1. The van der Waals surface area contributed by atoms with Crippen LogP contribution in [0.4, 0.5) is 5.69 Å². The number of aromatic hydroxyl groups is 3. The van der Waals surface area contributed by atoms with Crippen molar-refractivity contribution in [3.05, 3.63) is 255 Å². The fraction of sp³-hybridized carbons (Fsp3) is 0.188. The van der Waals surface area contributed by atoms with E-state index in [2.05, 4.69) is 86.3 Å². The standard InChI is InChI=1S/C24H23N2.C23H22N2O2.C8H5NO.C7H8O.CH4.CH3.H2/c1-16-4-10-22-19(12-16)13-20-14-21(26(2)3)9-11-23(20)24(22)18-7-5-17(15-25)6-8-18;1-15-4-10-19(21(26)12-15)23(17-7-5-16(14-24)6-8-17)20-11-9-18(25(2)3)13-22(20)27;9-5-7-1-3-8(6-10)4-2-7;1-6-3-2-4-7(8)5-6;;;/h4-12,14,23-24H,13H2,1-3H3;4-13,23,26-27H,1-3H3;1-4,6H;2-5,8H,1H3;1H4;1H3;1H/q+1;;;;;-1;/i;;;;;;1+1D. The van der Waals surface area contributed by atoms with Crippen LogP contribution >= 0.6 is 0 Å². The number of aryl methyl sites for hydroxylation is 3. The molecule has 3 atom stereocenters. The van der Waals surface area contributed by atoms with Crippen molar-refractivity contribution in [1.82, 2.24) is 0 Å². The Balaban J connectivity index is 0.000000285. The highest BCUT2D eigenvalue weighted by Crippen LogP contribution is 2.46. The average molecular weight is 972 g/mol. The van der Waals surface area contributed by atoms with Crippen LogP contribution in [0, 0.1) is 68.1 Å². The monoisotopic (exact) mass is 972 g/mol. The van der Waals surface area contributed by atoms with Crippen molar-refractivity contribution in [3.8, 4) is 35.5 Å². The number of carbonyl (C=O) groups excluding carboxylic acids is 1. The van der Waals surface area contributed by atoms with E-state index in [1.807, 2.05) is 99.6 Å². The second-order valence-corrected chi connectivity index (χ2v) is 18.1. The molecule has 0 radical (unpaired) electrons. The molecule has 9 nitrogen and oxygen atoms in total. The average Bonchev–Trinajstić information content (AvgIpc) is 3.40. The van der Waals surface area contributed by atoms with Gasteiger partial charge in [0.1, 0.15) is 37.6 Å². The summed E-state index contributed by atoms with van der Waals surface area (Å²) in [4.78, 5) is 12.0. The number of aldehydes is 1. The molecule has 0 aromatic heterocycles. The molecule has 0 fully saturated rings. The largest absolute Gasteiger partial charge is 0.508 e. The second kappa shape index (κ2) is 26.3. The minimum Gasteiger partial charge on any atom is -0.508 e. The van der Waals surface area contributed by atoms with Gasteiger partial charge in [-0.15, -0.1) is 0 Å². The van der Waals surface area contributed by atoms with Gasteiger partial charge in [-0.05, 0) is 121 Å². The van der Waals surface area contributed by atoms with Crippen LogP contribution in [0.3, 0.4) is 0 Å². The molecule has 0 saturated carbocycles. The Hall–Kier alpha value is -8.97. The Morgan fingerprint density at radius 1 is 0.685 bits per heavy atom. The zero-order valence-corrected chi connectivity index (χ0v) is 42.2. The maximum absolute atomic E-state index is 10.7. The predicted molar refractivity (Wildman–Crippen MR) is 298 cm³/mol. The Bertz CT molecular complexity index is 3230. The van der Waals surface area contributed by atoms with Crippen molar-refractivity contribution in [1.29, 1.82) is 15.8 Å². The van der Waals surface area contributed by atoms with Crippen molar-refractivity contribution >= 4 is 17.7 Å². The molecule has 7 aromatic carbocycles. The quantitative estimate of drug-likeness (QED) is 0.0644. The maximum Gasteiger partial charge on any atom is 0.199 e. The highest BCUT2D eigenvalue weighted by Gasteiger charge is 2.35. The number of anilines is 1. The summed E-state index contributed by atoms with van der Waals surface area (Å²) in [7, 11) is 8.02. The number of nitriles is 3. The molecule has 0 bridgehead atoms. The first-order valence-corrected chi connectivity index (χ1v) is 23.2. The fourth-order valence-electron chi connectivity index (χ4n) is 8.68. The lowest BCUT2D eigenvalue weighted by Gasteiger charge is -2.36. The summed E-state index contributed by atoms with van der Waals surface area (Å²) in [6.45, 7) is 6.03. The van der Waals surface area contributed by atoms with Crippen LogP contribution in [-0.2, 0) is 6.42 Å². The third-order valence-corrected chi connectivity index (χ3v) is 12.4. The number of rotatable bonds is 6. The van der Waals surface area contributed by atoms with E-state index in [0.717, 1.165) is 35.1 Å². The zero-order valence-electron chi connectivity index (χ0n) is 44.2. The number of hydrogen-bond acceptors (Lipinski definition) is 8. The molecule has 0 aliphatic heterocycles. The zero-order chi connectivity index (χ0) is 53.2. The van der Waals surface area contributed by atoms with Gasteiger partial charge in [0.2, 0.25) is 0 Å². The minimum absolute atomic E-state index is 0. The molecule has 0 amide bonds. The van der Waals surface area contributed by atoms with Gasteiger partial charge in [-0.2, -0.15) is 15.8 Å². The Morgan fingerprint density at radius 2 is 1.22 bits per heavy atom. The van der Waals surface area contributed by atoms with E-state index in [0.29, 0.717) is 51.0 Å². The van der Waals surface area contributed by atoms with Crippen LogP contribution in [0.25, 0.3) is 0 Å². The lowest BCUT2D eigenvalue weighted by Crippen LogP contribution is -2.27. The van der Waals surface area contributed by atoms with Crippen LogP contribution in [0.1, 0.15) is 99.4 Å². The maximum atomic E-state index is 10.7. The van der Waals surface area contributed by atoms with Crippen LogP contribution in [-0.4, -0.2) is 60.1 Å². The van der Waals surface area contributed by atoms with Gasteiger partial charge in [0, 0.05) is 75.4 Å². The smallest absolute Gasteiger partial charge is 0.199 e. The molecule has 7 aromatic rings. The van der Waals surface area contributed by atoms with Gasteiger partial charge in [-0.3, -0.25) is 4.79 Å². The first-order valence-electron chi connectivity index (χ1n) is 24.2. The van der Waals surface area contributed by atoms with Gasteiger partial charge in [0.15, 0.2) is 5.71 Å². The minimum atomic E-state index is -0.352. The lowest BCUT2D eigenvalue weighted by molar-refractivity contribution is -0.462. The summed E-state index contributed by atoms with van der Waals surface area (Å²) in [6, 6.07) is 53.2. The van der Waals surface area contributed by atoms with Crippen molar-refractivity contribution in [2.24, 2.45) is 5.92 Å². The number of benzene rings is 7. The highest BCUT2D eigenvalue weighted by molar-refractivity contribution is 6.02. The number of phenolic OH excluding ortho intramolecular Hbond substituents is 3. The first-order chi connectivity index (χ1) is 35.1. The van der Waals surface area contributed by atoms with Gasteiger partial charge < -0.3 is 27.6 Å². The molecule has 2 aliphatic carbocycles. The van der Waals surface area contributed by atoms with Crippen LogP contribution < -0.4 is 4.90 Å². The molecule has 9 heteroatoms. The molecule has 73 heavy (non-hydrogen) atoms. The van der Waals surface area contributed by atoms with E-state index in [-0.39, 0.29) is 32.3 Å². The van der Waals surface area contributed by atoms with E-state index in [1.54, 1.807) is 60.7 Å². The number of phenols is 3. The lowest BCUT2D eigenvalue weighted by atomic mass is 9.67. The molecule has 2 aliphatic rings. The van der Waals surface area contributed by atoms with Crippen LogP contribution in [0.5, 0.6) is 17.2 Å². The third kappa shape index (κ3) is 14.5. The summed E-state index contributed by atoms with van der Waals surface area (Å²) >= 11 is 0. The molecular formula is C64H67N5O4. The Labute approximate surface area is 435 Å². The Kier molecular flexibility index (Phi) is 19.8. The topological polar surface area (TPSA) is 155 Å². The molecule has 3 unspecified atom stereocenters. The third-order valence-electron chi connectivity index (χ3n) is 12.4. The van der Waals surface area contributed by atoms with Gasteiger partial charge in [-0.25, -0.2) is 4.58 Å². The van der Waals surface area contributed by atoms with Crippen LogP contribution in [0.2, 0.25) is 0 Å². The summed E-state index contributed by atoms with van der Waals surface area (Å²) in [6.07, 6.45) is 8.71. The van der Waals surface area contributed by atoms with Crippen molar-refractivity contribution in [3.63, 3.8) is 0 Å². The molecule has 0 heterocycles. The normalized spacial score (nSPS) is 13.9. The summed E-state index contributed by atoms with van der Waals surface area (Å²) in [5, 5.41) is 56.7. The SMILES string of the molecule is C.Cc1ccc(C(c2ccc(C#N)cc2)c2ccc(N(C)C)cc2O)c(O)c1.Cc1ccc2c(c1)CC1=CC(=[N+](C)C)C=CC1C2c1ccc(C#N)cc1.Cc1cccc(O)c1.N#Cc1ccc(C=O)cc1.[2H][2H].[CH3-]. The van der Waals surface area contributed by atoms with Crippen molar-refractivity contribution < 1.29 is 27.7 Å². The van der Waals surface area contributed by atoms with E-state index in [9.17, 15) is 15.0 Å². The summed E-state index contributed by atoms with van der Waals surface area (Å²) < 4.78 is 12.2. The van der Waals surface area contributed by atoms with Gasteiger partial charge >= 0.3 is 0 Å². The predicted octanol–water partition coefficient (Wildman–Crippen LogP) is 13.3. The summed E-state index contributed by atoms with van der Waals surface area (Å²) in [5.41, 5.74) is 15.9. The van der Waals surface area contributed by atoms with E-state index >= 15 is 0 Å². The van der Waals surface area contributed by atoms with E-state index in [1.165, 1.54) is 33.5 Å². The van der Waals surface area contributed by atoms with Gasteiger partial charge in [-0.1, -0.05) is 110 Å². The second-order valence-electron chi connectivity index (χ2n) is 18.1. The van der Waals surface area contributed by atoms with Crippen LogP contribution in [0.15, 0.2) is 175 Å².